The van der Waals surface area contributed by atoms with Gasteiger partial charge in [0.25, 0.3) is 5.91 Å². The average Bonchev–Trinajstić information content (AvgIpc) is 3.16. The molecular weight excluding hydrogens is 366 g/mol. The molecule has 0 aliphatic carbocycles. The van der Waals surface area contributed by atoms with Crippen LogP contribution in [-0.2, 0) is 4.79 Å². The summed E-state index contributed by atoms with van der Waals surface area (Å²) in [6.07, 6.45) is 1.76. The van der Waals surface area contributed by atoms with Crippen LogP contribution in [0.25, 0.3) is 17.2 Å². The Morgan fingerprint density at radius 1 is 1.26 bits per heavy atom. The van der Waals surface area contributed by atoms with E-state index >= 15 is 0 Å². The Kier molecular flexibility index (Phi) is 4.25. The molecule has 2 N–H and O–H groups in total. The highest BCUT2D eigenvalue weighted by Crippen LogP contribution is 2.29. The zero-order valence-corrected chi connectivity index (χ0v) is 14.9. The van der Waals surface area contributed by atoms with Crippen molar-refractivity contribution in [2.75, 3.05) is 0 Å². The maximum atomic E-state index is 12.2. The number of rotatable bonds is 3. The number of carboxylic acid groups (broad SMARTS) is 1. The molecule has 4 rings (SSSR count). The number of oxazole rings is 1. The van der Waals surface area contributed by atoms with Crippen molar-refractivity contribution in [3.05, 3.63) is 64.4 Å². The zero-order valence-electron chi connectivity index (χ0n) is 14.1. The van der Waals surface area contributed by atoms with Crippen LogP contribution in [0.4, 0.5) is 5.69 Å². The number of carboxylic acids is 1. The molecule has 8 heteroatoms. The third-order valence-corrected chi connectivity index (χ3v) is 4.72. The Labute approximate surface area is 157 Å². The van der Waals surface area contributed by atoms with E-state index < -0.39 is 5.97 Å². The van der Waals surface area contributed by atoms with E-state index in [1.165, 1.54) is 23.9 Å². The summed E-state index contributed by atoms with van der Waals surface area (Å²) in [5, 5.41) is 12.1. The third-order valence-electron chi connectivity index (χ3n) is 3.81. The average molecular weight is 379 g/mol. The minimum absolute atomic E-state index is 0.181. The lowest BCUT2D eigenvalue weighted by Crippen LogP contribution is -2.19. The molecule has 3 aromatic rings. The van der Waals surface area contributed by atoms with E-state index in [9.17, 15) is 9.59 Å². The fraction of sp³-hybridized carbons (Fsp3) is 0.0526. The molecule has 0 saturated carbocycles. The normalized spacial score (nSPS) is 17.0. The molecule has 1 aromatic heterocycles. The highest BCUT2D eigenvalue weighted by Gasteiger charge is 2.24. The summed E-state index contributed by atoms with van der Waals surface area (Å²) in [7, 11) is 0. The van der Waals surface area contributed by atoms with Gasteiger partial charge in [0, 0.05) is 6.92 Å². The number of aliphatic imine (C=N–C) groups is 1. The fourth-order valence-corrected chi connectivity index (χ4v) is 3.42. The summed E-state index contributed by atoms with van der Waals surface area (Å²) in [6.45, 7) is 1.78. The molecule has 0 bridgehead atoms. The first-order valence-corrected chi connectivity index (χ1v) is 8.80. The van der Waals surface area contributed by atoms with E-state index in [1.54, 1.807) is 25.1 Å². The van der Waals surface area contributed by atoms with Crippen molar-refractivity contribution >= 4 is 51.7 Å². The number of nitrogens with zero attached hydrogens (tertiary/aromatic N) is 2. The molecule has 27 heavy (non-hydrogen) atoms. The van der Waals surface area contributed by atoms with Crippen LogP contribution < -0.4 is 5.32 Å². The SMILES string of the molecule is Cc1nc2ccc(C=C3SC(=Nc4ccc(C(=O)O)cc4)NC3=O)cc2o1. The molecule has 134 valence electrons. The number of nitrogens with one attached hydrogen (secondary N) is 1. The second kappa shape index (κ2) is 6.73. The highest BCUT2D eigenvalue weighted by atomic mass is 32.2. The summed E-state index contributed by atoms with van der Waals surface area (Å²) >= 11 is 1.22. The Bertz CT molecular complexity index is 1130. The van der Waals surface area contributed by atoms with Gasteiger partial charge in [0.05, 0.1) is 16.2 Å². The molecule has 7 nitrogen and oxygen atoms in total. The van der Waals surface area contributed by atoms with E-state index in [1.807, 2.05) is 18.2 Å². The number of aromatic nitrogens is 1. The summed E-state index contributed by atoms with van der Waals surface area (Å²) in [4.78, 5) is 32.2. The number of thioether (sulfide) groups is 1. The van der Waals surface area contributed by atoms with Crippen LogP contribution in [0.2, 0.25) is 0 Å². The first kappa shape index (κ1) is 17.0. The molecule has 1 aliphatic rings. The van der Waals surface area contributed by atoms with Crippen LogP contribution in [0.1, 0.15) is 21.8 Å². The molecule has 2 heterocycles. The highest BCUT2D eigenvalue weighted by molar-refractivity contribution is 8.18. The summed E-state index contributed by atoms with van der Waals surface area (Å²) in [6, 6.07) is 11.6. The molecule has 1 aliphatic heterocycles. The molecule has 0 unspecified atom stereocenters. The Morgan fingerprint density at radius 3 is 2.78 bits per heavy atom. The lowest BCUT2D eigenvalue weighted by atomic mass is 10.2. The minimum atomic E-state index is -0.998. The smallest absolute Gasteiger partial charge is 0.335 e. The van der Waals surface area contributed by atoms with Gasteiger partial charge >= 0.3 is 5.97 Å². The number of carbonyl (C=O) groups is 2. The first-order valence-electron chi connectivity index (χ1n) is 7.98. The topological polar surface area (TPSA) is 105 Å². The standard InChI is InChI=1S/C19H13N3O4S/c1-10-20-14-7-2-11(8-15(14)26-10)9-16-17(23)22-19(27-16)21-13-5-3-12(4-6-13)18(24)25/h2-9H,1H3,(H,24,25)(H,21,22,23). The van der Waals surface area contributed by atoms with Crippen molar-refractivity contribution in [2.45, 2.75) is 6.92 Å². The predicted octanol–water partition coefficient (Wildman–Crippen LogP) is 3.73. The molecule has 1 amide bonds. The van der Waals surface area contributed by atoms with Gasteiger partial charge in [-0.1, -0.05) is 6.07 Å². The number of amidine groups is 1. The fourth-order valence-electron chi connectivity index (χ4n) is 2.57. The van der Waals surface area contributed by atoms with E-state index in [4.69, 9.17) is 9.52 Å². The molecule has 0 radical (unpaired) electrons. The maximum absolute atomic E-state index is 12.2. The zero-order chi connectivity index (χ0) is 19.0. The van der Waals surface area contributed by atoms with Gasteiger partial charge in [0.1, 0.15) is 5.52 Å². The molecule has 1 saturated heterocycles. The van der Waals surface area contributed by atoms with Gasteiger partial charge in [0.15, 0.2) is 16.6 Å². The van der Waals surface area contributed by atoms with E-state index in [0.29, 0.717) is 27.2 Å². The van der Waals surface area contributed by atoms with Crippen molar-refractivity contribution in [3.8, 4) is 0 Å². The van der Waals surface area contributed by atoms with Gasteiger partial charge in [-0.05, 0) is 59.8 Å². The number of carbonyl (C=O) groups excluding carboxylic acids is 1. The molecule has 1 fully saturated rings. The van der Waals surface area contributed by atoms with Gasteiger partial charge in [-0.25, -0.2) is 14.8 Å². The molecule has 0 spiro atoms. The van der Waals surface area contributed by atoms with Crippen LogP contribution >= 0.6 is 11.8 Å². The van der Waals surface area contributed by atoms with Crippen LogP contribution in [-0.4, -0.2) is 27.1 Å². The third kappa shape index (κ3) is 3.61. The summed E-state index contributed by atoms with van der Waals surface area (Å²) in [5.41, 5.74) is 2.99. The van der Waals surface area contributed by atoms with Crippen molar-refractivity contribution in [2.24, 2.45) is 4.99 Å². The summed E-state index contributed by atoms with van der Waals surface area (Å²) in [5.74, 6) is -0.650. The number of aryl methyl sites for hydroxylation is 1. The van der Waals surface area contributed by atoms with E-state index in [0.717, 1.165) is 11.1 Å². The largest absolute Gasteiger partial charge is 0.478 e. The van der Waals surface area contributed by atoms with Crippen LogP contribution in [0.5, 0.6) is 0 Å². The van der Waals surface area contributed by atoms with Crippen molar-refractivity contribution in [1.29, 1.82) is 0 Å². The van der Waals surface area contributed by atoms with Crippen LogP contribution in [0, 0.1) is 6.92 Å². The molecule has 0 atom stereocenters. The Morgan fingerprint density at radius 2 is 2.04 bits per heavy atom. The number of aromatic carboxylic acids is 1. The van der Waals surface area contributed by atoms with E-state index in [2.05, 4.69) is 15.3 Å². The van der Waals surface area contributed by atoms with Crippen molar-refractivity contribution in [1.82, 2.24) is 10.3 Å². The number of hydrogen-bond donors (Lipinski definition) is 2. The minimum Gasteiger partial charge on any atom is -0.478 e. The van der Waals surface area contributed by atoms with Crippen LogP contribution in [0.15, 0.2) is 56.8 Å². The second-order valence-corrected chi connectivity index (χ2v) is 6.82. The van der Waals surface area contributed by atoms with Crippen LogP contribution in [0.3, 0.4) is 0 Å². The number of amides is 1. The van der Waals surface area contributed by atoms with Crippen molar-refractivity contribution < 1.29 is 19.1 Å². The first-order chi connectivity index (χ1) is 13.0. The Hall–Kier alpha value is -3.39. The maximum Gasteiger partial charge on any atom is 0.335 e. The lowest BCUT2D eigenvalue weighted by molar-refractivity contribution is -0.115. The summed E-state index contributed by atoms with van der Waals surface area (Å²) < 4.78 is 5.51. The molecular formula is C19H13N3O4S. The second-order valence-electron chi connectivity index (χ2n) is 5.79. The van der Waals surface area contributed by atoms with E-state index in [-0.39, 0.29) is 11.5 Å². The monoisotopic (exact) mass is 379 g/mol. The van der Waals surface area contributed by atoms with Crippen molar-refractivity contribution in [3.63, 3.8) is 0 Å². The van der Waals surface area contributed by atoms with Gasteiger partial charge in [0.2, 0.25) is 0 Å². The number of hydrogen-bond acceptors (Lipinski definition) is 6. The quantitative estimate of drug-likeness (QED) is 0.672. The Balaban J connectivity index is 1.57. The van der Waals surface area contributed by atoms with Gasteiger partial charge in [-0.2, -0.15) is 0 Å². The molecule has 2 aromatic carbocycles. The van der Waals surface area contributed by atoms with Gasteiger partial charge in [-0.15, -0.1) is 0 Å². The van der Waals surface area contributed by atoms with Gasteiger partial charge < -0.3 is 14.8 Å². The van der Waals surface area contributed by atoms with Gasteiger partial charge in [-0.3, -0.25) is 4.79 Å². The predicted molar refractivity (Wildman–Crippen MR) is 103 cm³/mol. The number of fused-ring (bicyclic) bond motifs is 1. The lowest BCUT2D eigenvalue weighted by Gasteiger charge is -1.97. The number of benzene rings is 2.